The second-order valence-corrected chi connectivity index (χ2v) is 4.83. The molecule has 126 valence electrons. The van der Waals surface area contributed by atoms with Gasteiger partial charge in [-0.05, 0) is 43.3 Å². The molecule has 0 aliphatic carbocycles. The van der Waals surface area contributed by atoms with E-state index in [2.05, 4.69) is 5.32 Å². The Kier molecular flexibility index (Phi) is 5.78. The Morgan fingerprint density at radius 2 is 1.71 bits per heavy atom. The molecule has 0 radical (unpaired) electrons. The highest BCUT2D eigenvalue weighted by Gasteiger charge is 2.12. The number of carbonyl (C=O) groups is 2. The number of amides is 1. The van der Waals surface area contributed by atoms with Crippen molar-refractivity contribution in [3.8, 4) is 11.5 Å². The molecule has 0 atom stereocenters. The van der Waals surface area contributed by atoms with Gasteiger partial charge in [-0.2, -0.15) is 0 Å². The number of nitrogens with one attached hydrogen (secondary N) is 1. The first-order chi connectivity index (χ1) is 11.6. The fourth-order valence-corrected chi connectivity index (χ4v) is 2.12. The molecule has 6 nitrogen and oxygen atoms in total. The maximum absolute atomic E-state index is 12.4. The molecule has 0 aliphatic rings. The molecule has 0 bridgehead atoms. The van der Waals surface area contributed by atoms with Crippen molar-refractivity contribution >= 4 is 17.6 Å². The fraction of sp³-hybridized carbons (Fsp3) is 0.222. The van der Waals surface area contributed by atoms with Crippen molar-refractivity contribution < 1.29 is 23.8 Å². The lowest BCUT2D eigenvalue weighted by Crippen LogP contribution is -2.13. The summed E-state index contributed by atoms with van der Waals surface area (Å²) in [6.07, 6.45) is 0. The molecule has 24 heavy (non-hydrogen) atoms. The molecule has 1 N–H and O–H groups in total. The molecule has 0 saturated carbocycles. The quantitative estimate of drug-likeness (QED) is 0.824. The van der Waals surface area contributed by atoms with Crippen molar-refractivity contribution in [2.45, 2.75) is 6.92 Å². The Balaban J connectivity index is 2.18. The summed E-state index contributed by atoms with van der Waals surface area (Å²) >= 11 is 0. The summed E-state index contributed by atoms with van der Waals surface area (Å²) in [5, 5.41) is 2.74. The summed E-state index contributed by atoms with van der Waals surface area (Å²) in [5.74, 6) is 0.250. The SMILES string of the molecule is CCOC(=O)c1cccc(NC(=O)c2ccc(OC)c(OC)c2)c1. The topological polar surface area (TPSA) is 73.9 Å². The summed E-state index contributed by atoms with van der Waals surface area (Å²) in [6, 6.07) is 11.4. The molecule has 0 spiro atoms. The van der Waals surface area contributed by atoms with Crippen LogP contribution in [-0.4, -0.2) is 32.7 Å². The van der Waals surface area contributed by atoms with Gasteiger partial charge in [0.05, 0.1) is 26.4 Å². The van der Waals surface area contributed by atoms with Gasteiger partial charge in [0.15, 0.2) is 11.5 Å². The van der Waals surface area contributed by atoms with E-state index in [1.807, 2.05) is 0 Å². The minimum Gasteiger partial charge on any atom is -0.493 e. The van der Waals surface area contributed by atoms with Crippen molar-refractivity contribution in [2.75, 3.05) is 26.1 Å². The highest BCUT2D eigenvalue weighted by Crippen LogP contribution is 2.27. The summed E-state index contributed by atoms with van der Waals surface area (Å²) in [4.78, 5) is 24.1. The van der Waals surface area contributed by atoms with Crippen LogP contribution in [0.5, 0.6) is 11.5 Å². The summed E-state index contributed by atoms with van der Waals surface area (Å²) in [7, 11) is 3.03. The third-order valence-corrected chi connectivity index (χ3v) is 3.28. The number of esters is 1. The first kappa shape index (κ1) is 17.3. The van der Waals surface area contributed by atoms with E-state index in [0.717, 1.165) is 0 Å². The van der Waals surface area contributed by atoms with Crippen LogP contribution in [0.1, 0.15) is 27.6 Å². The molecular weight excluding hydrogens is 310 g/mol. The number of ether oxygens (including phenoxy) is 3. The summed E-state index contributed by atoms with van der Waals surface area (Å²) in [6.45, 7) is 2.03. The van der Waals surface area contributed by atoms with Gasteiger partial charge in [0.25, 0.3) is 5.91 Å². The van der Waals surface area contributed by atoms with Gasteiger partial charge in [-0.25, -0.2) is 4.79 Å². The third-order valence-electron chi connectivity index (χ3n) is 3.28. The molecular formula is C18H19NO5. The van der Waals surface area contributed by atoms with Crippen molar-refractivity contribution in [3.05, 3.63) is 53.6 Å². The van der Waals surface area contributed by atoms with Gasteiger partial charge in [-0.3, -0.25) is 4.79 Å². The van der Waals surface area contributed by atoms with E-state index in [-0.39, 0.29) is 5.91 Å². The number of anilines is 1. The number of benzene rings is 2. The molecule has 0 aromatic heterocycles. The Morgan fingerprint density at radius 1 is 0.958 bits per heavy atom. The van der Waals surface area contributed by atoms with Crippen LogP contribution < -0.4 is 14.8 Å². The van der Waals surface area contributed by atoms with Crippen molar-refractivity contribution in [3.63, 3.8) is 0 Å². The third kappa shape index (κ3) is 4.04. The zero-order chi connectivity index (χ0) is 17.5. The van der Waals surface area contributed by atoms with Crippen molar-refractivity contribution in [1.82, 2.24) is 0 Å². The molecule has 0 aliphatic heterocycles. The van der Waals surface area contributed by atoms with Crippen LogP contribution in [0, 0.1) is 0 Å². The number of hydrogen-bond acceptors (Lipinski definition) is 5. The van der Waals surface area contributed by atoms with Crippen LogP contribution in [-0.2, 0) is 4.74 Å². The zero-order valence-electron chi connectivity index (χ0n) is 13.8. The summed E-state index contributed by atoms with van der Waals surface area (Å²) < 4.78 is 15.3. The normalized spacial score (nSPS) is 9.96. The fourth-order valence-electron chi connectivity index (χ4n) is 2.12. The molecule has 0 unspecified atom stereocenters. The van der Waals surface area contributed by atoms with Crippen LogP contribution in [0.4, 0.5) is 5.69 Å². The number of hydrogen-bond donors (Lipinski definition) is 1. The van der Waals surface area contributed by atoms with E-state index in [1.54, 1.807) is 49.4 Å². The molecule has 0 heterocycles. The second-order valence-electron chi connectivity index (χ2n) is 4.83. The maximum atomic E-state index is 12.4. The van der Waals surface area contributed by atoms with Crippen molar-refractivity contribution in [1.29, 1.82) is 0 Å². The minimum atomic E-state index is -0.431. The van der Waals surface area contributed by atoms with Crippen LogP contribution in [0.3, 0.4) is 0 Å². The van der Waals surface area contributed by atoms with E-state index in [4.69, 9.17) is 14.2 Å². The Morgan fingerprint density at radius 3 is 2.38 bits per heavy atom. The Bertz CT molecular complexity index is 742. The second kappa shape index (κ2) is 8.01. The van der Waals surface area contributed by atoms with Gasteiger partial charge in [0.2, 0.25) is 0 Å². The highest BCUT2D eigenvalue weighted by molar-refractivity contribution is 6.05. The number of methoxy groups -OCH3 is 2. The predicted octanol–water partition coefficient (Wildman–Crippen LogP) is 3.13. The van der Waals surface area contributed by atoms with E-state index >= 15 is 0 Å². The maximum Gasteiger partial charge on any atom is 0.338 e. The van der Waals surface area contributed by atoms with Gasteiger partial charge in [-0.15, -0.1) is 0 Å². The first-order valence-corrected chi connectivity index (χ1v) is 7.39. The highest BCUT2D eigenvalue weighted by atomic mass is 16.5. The van der Waals surface area contributed by atoms with E-state index in [0.29, 0.717) is 34.9 Å². The van der Waals surface area contributed by atoms with E-state index in [1.165, 1.54) is 14.2 Å². The van der Waals surface area contributed by atoms with Gasteiger partial charge in [-0.1, -0.05) is 6.07 Å². The van der Waals surface area contributed by atoms with Crippen LogP contribution in [0.25, 0.3) is 0 Å². The molecule has 2 rings (SSSR count). The standard InChI is InChI=1S/C18H19NO5/c1-4-24-18(21)13-6-5-7-14(10-13)19-17(20)12-8-9-15(22-2)16(11-12)23-3/h5-11H,4H2,1-3H3,(H,19,20). The van der Waals surface area contributed by atoms with Crippen LogP contribution in [0.15, 0.2) is 42.5 Å². The van der Waals surface area contributed by atoms with Gasteiger partial charge in [0, 0.05) is 11.3 Å². The van der Waals surface area contributed by atoms with Gasteiger partial charge >= 0.3 is 5.97 Å². The van der Waals surface area contributed by atoms with Gasteiger partial charge < -0.3 is 19.5 Å². The average molecular weight is 329 g/mol. The minimum absolute atomic E-state index is 0.293. The lowest BCUT2D eigenvalue weighted by Gasteiger charge is -2.10. The number of rotatable bonds is 6. The smallest absolute Gasteiger partial charge is 0.338 e. The molecule has 2 aromatic carbocycles. The van der Waals surface area contributed by atoms with Crippen LogP contribution in [0.2, 0.25) is 0 Å². The van der Waals surface area contributed by atoms with Crippen molar-refractivity contribution in [2.24, 2.45) is 0 Å². The largest absolute Gasteiger partial charge is 0.493 e. The predicted molar refractivity (Wildman–Crippen MR) is 89.9 cm³/mol. The molecule has 0 fully saturated rings. The average Bonchev–Trinajstić information content (AvgIpc) is 2.61. The lowest BCUT2D eigenvalue weighted by molar-refractivity contribution is 0.0526. The van der Waals surface area contributed by atoms with Crippen LogP contribution >= 0.6 is 0 Å². The van der Waals surface area contributed by atoms with Gasteiger partial charge in [0.1, 0.15) is 0 Å². The number of carbonyl (C=O) groups excluding carboxylic acids is 2. The zero-order valence-corrected chi connectivity index (χ0v) is 13.8. The molecule has 1 amide bonds. The lowest BCUT2D eigenvalue weighted by atomic mass is 10.1. The molecule has 2 aromatic rings. The Labute approximate surface area is 140 Å². The van der Waals surface area contributed by atoms with E-state index in [9.17, 15) is 9.59 Å². The summed E-state index contributed by atoms with van der Waals surface area (Å²) in [5.41, 5.74) is 1.29. The Hall–Kier alpha value is -3.02. The molecule has 0 saturated heterocycles. The monoisotopic (exact) mass is 329 g/mol. The molecule has 6 heteroatoms. The van der Waals surface area contributed by atoms with E-state index < -0.39 is 5.97 Å². The first-order valence-electron chi connectivity index (χ1n) is 7.39.